The van der Waals surface area contributed by atoms with Crippen molar-refractivity contribution >= 4 is 17.5 Å². The van der Waals surface area contributed by atoms with Gasteiger partial charge in [0, 0.05) is 24.0 Å². The third-order valence-electron chi connectivity index (χ3n) is 5.04. The first-order chi connectivity index (χ1) is 13.7. The predicted molar refractivity (Wildman–Crippen MR) is 110 cm³/mol. The SMILES string of the molecule is Cc1cc(F)ccc1Nc1cc(-c2ccccn2)nc(NC2CCCCC2)n1. The molecule has 4 rings (SSSR count). The van der Waals surface area contributed by atoms with Gasteiger partial charge < -0.3 is 10.6 Å². The molecular formula is C22H24FN5. The Kier molecular flexibility index (Phi) is 5.46. The Morgan fingerprint density at radius 2 is 1.82 bits per heavy atom. The van der Waals surface area contributed by atoms with Gasteiger partial charge in [-0.15, -0.1) is 0 Å². The first-order valence-electron chi connectivity index (χ1n) is 9.77. The fourth-order valence-electron chi connectivity index (χ4n) is 3.56. The van der Waals surface area contributed by atoms with Gasteiger partial charge in [-0.2, -0.15) is 4.98 Å². The average molecular weight is 377 g/mol. The number of anilines is 3. The van der Waals surface area contributed by atoms with Crippen LogP contribution in [0.1, 0.15) is 37.7 Å². The van der Waals surface area contributed by atoms with Crippen LogP contribution in [-0.2, 0) is 0 Å². The number of rotatable bonds is 5. The lowest BCUT2D eigenvalue weighted by molar-refractivity contribution is 0.461. The van der Waals surface area contributed by atoms with Gasteiger partial charge in [0.05, 0.1) is 11.4 Å². The van der Waals surface area contributed by atoms with Crippen molar-refractivity contribution in [3.8, 4) is 11.4 Å². The quantitative estimate of drug-likeness (QED) is 0.617. The van der Waals surface area contributed by atoms with Crippen LogP contribution in [0.25, 0.3) is 11.4 Å². The number of benzene rings is 1. The maximum atomic E-state index is 13.4. The Morgan fingerprint density at radius 3 is 2.57 bits per heavy atom. The number of nitrogens with one attached hydrogen (secondary N) is 2. The molecule has 2 heterocycles. The van der Waals surface area contributed by atoms with Crippen LogP contribution >= 0.6 is 0 Å². The van der Waals surface area contributed by atoms with E-state index in [1.165, 1.54) is 31.4 Å². The standard InChI is InChI=1S/C22H24FN5/c1-15-13-16(23)10-11-18(15)26-21-14-20(19-9-5-6-12-24-19)27-22(28-21)25-17-7-3-2-4-8-17/h5-6,9-14,17H,2-4,7-8H2,1H3,(H2,25,26,27,28). The highest BCUT2D eigenvalue weighted by molar-refractivity contribution is 5.66. The van der Waals surface area contributed by atoms with Crippen LogP contribution in [0, 0.1) is 12.7 Å². The highest BCUT2D eigenvalue weighted by Gasteiger charge is 2.16. The molecule has 0 unspecified atom stereocenters. The van der Waals surface area contributed by atoms with E-state index in [0.29, 0.717) is 17.8 Å². The molecule has 1 aromatic carbocycles. The summed E-state index contributed by atoms with van der Waals surface area (Å²) < 4.78 is 13.4. The normalized spacial score (nSPS) is 14.6. The molecule has 0 spiro atoms. The van der Waals surface area contributed by atoms with Gasteiger partial charge in [0.2, 0.25) is 5.95 Å². The van der Waals surface area contributed by atoms with E-state index in [2.05, 4.69) is 20.6 Å². The first kappa shape index (κ1) is 18.3. The second-order valence-electron chi connectivity index (χ2n) is 7.24. The summed E-state index contributed by atoms with van der Waals surface area (Å²) in [5.41, 5.74) is 3.17. The number of pyridine rings is 1. The number of aromatic nitrogens is 3. The van der Waals surface area contributed by atoms with E-state index in [4.69, 9.17) is 4.98 Å². The fourth-order valence-corrected chi connectivity index (χ4v) is 3.56. The predicted octanol–water partition coefficient (Wildman–Crippen LogP) is 5.47. The largest absolute Gasteiger partial charge is 0.351 e. The molecule has 0 aliphatic heterocycles. The van der Waals surface area contributed by atoms with Crippen molar-refractivity contribution in [1.82, 2.24) is 15.0 Å². The van der Waals surface area contributed by atoms with Crippen molar-refractivity contribution in [3.63, 3.8) is 0 Å². The topological polar surface area (TPSA) is 62.7 Å². The van der Waals surface area contributed by atoms with E-state index in [1.807, 2.05) is 31.2 Å². The molecule has 0 bridgehead atoms. The third-order valence-corrected chi connectivity index (χ3v) is 5.04. The smallest absolute Gasteiger partial charge is 0.225 e. The minimum atomic E-state index is -0.250. The summed E-state index contributed by atoms with van der Waals surface area (Å²) in [4.78, 5) is 13.8. The molecular weight excluding hydrogens is 353 g/mol. The van der Waals surface area contributed by atoms with Crippen molar-refractivity contribution in [2.75, 3.05) is 10.6 Å². The van der Waals surface area contributed by atoms with Crippen LogP contribution in [0.4, 0.5) is 21.8 Å². The Morgan fingerprint density at radius 1 is 0.964 bits per heavy atom. The molecule has 3 aromatic rings. The molecule has 0 radical (unpaired) electrons. The second kappa shape index (κ2) is 8.33. The summed E-state index contributed by atoms with van der Waals surface area (Å²) in [5.74, 6) is 1.00. The van der Waals surface area contributed by atoms with E-state index in [0.717, 1.165) is 35.5 Å². The Balaban J connectivity index is 1.66. The lowest BCUT2D eigenvalue weighted by Crippen LogP contribution is -2.23. The van der Waals surface area contributed by atoms with Crippen LogP contribution in [-0.4, -0.2) is 21.0 Å². The first-order valence-corrected chi connectivity index (χ1v) is 9.77. The molecule has 1 aliphatic rings. The molecule has 1 fully saturated rings. The van der Waals surface area contributed by atoms with Gasteiger partial charge in [0.1, 0.15) is 11.6 Å². The zero-order valence-electron chi connectivity index (χ0n) is 16.0. The number of halogens is 1. The molecule has 0 saturated heterocycles. The van der Waals surface area contributed by atoms with Gasteiger partial charge in [0.25, 0.3) is 0 Å². The maximum absolute atomic E-state index is 13.4. The summed E-state index contributed by atoms with van der Waals surface area (Å²) in [6.45, 7) is 1.87. The molecule has 5 nitrogen and oxygen atoms in total. The van der Waals surface area contributed by atoms with E-state index in [-0.39, 0.29) is 5.82 Å². The lowest BCUT2D eigenvalue weighted by Gasteiger charge is -2.23. The Bertz CT molecular complexity index is 939. The molecule has 144 valence electrons. The van der Waals surface area contributed by atoms with Crippen molar-refractivity contribution in [3.05, 3.63) is 60.0 Å². The minimum Gasteiger partial charge on any atom is -0.351 e. The molecule has 0 atom stereocenters. The van der Waals surface area contributed by atoms with Crippen LogP contribution in [0.3, 0.4) is 0 Å². The Hall–Kier alpha value is -3.02. The highest BCUT2D eigenvalue weighted by atomic mass is 19.1. The van der Waals surface area contributed by atoms with Crippen molar-refractivity contribution in [2.45, 2.75) is 45.1 Å². The zero-order valence-corrected chi connectivity index (χ0v) is 16.0. The number of hydrogen-bond donors (Lipinski definition) is 2. The minimum absolute atomic E-state index is 0.250. The van der Waals surface area contributed by atoms with E-state index >= 15 is 0 Å². The summed E-state index contributed by atoms with van der Waals surface area (Å²) >= 11 is 0. The molecule has 28 heavy (non-hydrogen) atoms. The molecule has 6 heteroatoms. The molecule has 2 N–H and O–H groups in total. The summed E-state index contributed by atoms with van der Waals surface area (Å²) in [7, 11) is 0. The molecule has 1 saturated carbocycles. The molecule has 2 aromatic heterocycles. The highest BCUT2D eigenvalue weighted by Crippen LogP contribution is 2.26. The summed E-state index contributed by atoms with van der Waals surface area (Å²) in [6.07, 6.45) is 7.79. The monoisotopic (exact) mass is 377 g/mol. The number of hydrogen-bond acceptors (Lipinski definition) is 5. The van der Waals surface area contributed by atoms with Gasteiger partial charge in [-0.25, -0.2) is 9.37 Å². The molecule has 1 aliphatic carbocycles. The van der Waals surface area contributed by atoms with Crippen LogP contribution in [0.2, 0.25) is 0 Å². The van der Waals surface area contributed by atoms with Crippen LogP contribution < -0.4 is 10.6 Å². The second-order valence-corrected chi connectivity index (χ2v) is 7.24. The van der Waals surface area contributed by atoms with Crippen molar-refractivity contribution in [1.29, 1.82) is 0 Å². The lowest BCUT2D eigenvalue weighted by atomic mass is 9.96. The van der Waals surface area contributed by atoms with Gasteiger partial charge >= 0.3 is 0 Å². The zero-order chi connectivity index (χ0) is 19.3. The maximum Gasteiger partial charge on any atom is 0.225 e. The van der Waals surface area contributed by atoms with E-state index in [1.54, 1.807) is 12.3 Å². The molecule has 0 amide bonds. The fraction of sp³-hybridized carbons (Fsp3) is 0.318. The van der Waals surface area contributed by atoms with Crippen molar-refractivity contribution < 1.29 is 4.39 Å². The summed E-state index contributed by atoms with van der Waals surface area (Å²) in [5, 5.41) is 6.79. The van der Waals surface area contributed by atoms with Gasteiger partial charge in [-0.1, -0.05) is 25.3 Å². The van der Waals surface area contributed by atoms with Crippen LogP contribution in [0.5, 0.6) is 0 Å². The van der Waals surface area contributed by atoms with Gasteiger partial charge in [-0.05, 0) is 55.7 Å². The number of aryl methyl sites for hydroxylation is 1. The van der Waals surface area contributed by atoms with Crippen molar-refractivity contribution in [2.24, 2.45) is 0 Å². The van der Waals surface area contributed by atoms with Crippen LogP contribution in [0.15, 0.2) is 48.7 Å². The van der Waals surface area contributed by atoms with Gasteiger partial charge in [-0.3, -0.25) is 4.98 Å². The summed E-state index contributed by atoms with van der Waals surface area (Å²) in [6, 6.07) is 12.7. The van der Waals surface area contributed by atoms with E-state index < -0.39 is 0 Å². The number of nitrogens with zero attached hydrogens (tertiary/aromatic N) is 3. The van der Waals surface area contributed by atoms with E-state index in [9.17, 15) is 4.39 Å². The Labute approximate surface area is 164 Å². The average Bonchev–Trinajstić information content (AvgIpc) is 2.71. The third kappa shape index (κ3) is 4.44. The van der Waals surface area contributed by atoms with Gasteiger partial charge in [0.15, 0.2) is 0 Å².